The number of halogens is 1. The molecule has 1 fully saturated rings. The summed E-state index contributed by atoms with van der Waals surface area (Å²) in [4.78, 5) is 27.8. The number of hydrogen-bond donors (Lipinski definition) is 1. The van der Waals surface area contributed by atoms with Gasteiger partial charge in [-0.05, 0) is 68.4 Å². The molecule has 216 valence electrons. The van der Waals surface area contributed by atoms with Gasteiger partial charge in [-0.2, -0.15) is 5.10 Å². The van der Waals surface area contributed by atoms with E-state index in [1.165, 1.54) is 6.92 Å². The number of alkyl halides is 1. The monoisotopic (exact) mass is 558 g/mol. The summed E-state index contributed by atoms with van der Waals surface area (Å²) in [6.45, 7) is 8.34. The van der Waals surface area contributed by atoms with Crippen LogP contribution in [-0.2, 0) is 16.1 Å². The van der Waals surface area contributed by atoms with Gasteiger partial charge in [-0.15, -0.1) is 0 Å². The molecule has 2 heterocycles. The zero-order chi connectivity index (χ0) is 29.1. The average molecular weight is 559 g/mol. The summed E-state index contributed by atoms with van der Waals surface area (Å²) in [7, 11) is 1.60. The van der Waals surface area contributed by atoms with Crippen molar-refractivity contribution in [3.05, 3.63) is 82.6 Å². The Morgan fingerprint density at radius 1 is 1.10 bits per heavy atom. The van der Waals surface area contributed by atoms with Crippen molar-refractivity contribution >= 4 is 28.3 Å². The van der Waals surface area contributed by atoms with E-state index in [4.69, 9.17) is 9.84 Å². The van der Waals surface area contributed by atoms with E-state index in [9.17, 15) is 9.59 Å². The van der Waals surface area contributed by atoms with Crippen molar-refractivity contribution in [2.75, 3.05) is 33.4 Å². The second-order valence-electron chi connectivity index (χ2n) is 11.5. The first-order chi connectivity index (χ1) is 19.7. The summed E-state index contributed by atoms with van der Waals surface area (Å²) in [5, 5.41) is 8.58. The van der Waals surface area contributed by atoms with Crippen LogP contribution in [0.5, 0.6) is 0 Å². The third-order valence-corrected chi connectivity index (χ3v) is 8.38. The Labute approximate surface area is 241 Å². The van der Waals surface area contributed by atoms with E-state index in [0.29, 0.717) is 37.7 Å². The number of fused-ring (bicyclic) bond motifs is 1. The number of aromatic nitrogens is 2. The van der Waals surface area contributed by atoms with Crippen LogP contribution in [0.15, 0.2) is 60.3 Å². The molecule has 1 unspecified atom stereocenters. The number of rotatable bonds is 8. The predicted octanol–water partition coefficient (Wildman–Crippen LogP) is 5.41. The second-order valence-corrected chi connectivity index (χ2v) is 11.5. The van der Waals surface area contributed by atoms with Gasteiger partial charge in [0.25, 0.3) is 11.8 Å². The molecule has 2 aliphatic rings. The quantitative estimate of drug-likeness (QED) is 0.375. The number of nitrogens with zero attached hydrogens (tertiary/aromatic N) is 3. The highest BCUT2D eigenvalue weighted by Gasteiger charge is 2.39. The molecule has 0 radical (unpaired) electrons. The van der Waals surface area contributed by atoms with Gasteiger partial charge >= 0.3 is 0 Å². The lowest BCUT2D eigenvalue weighted by Crippen LogP contribution is -2.44. The van der Waals surface area contributed by atoms with E-state index in [1.54, 1.807) is 18.1 Å². The van der Waals surface area contributed by atoms with Gasteiger partial charge in [-0.3, -0.25) is 14.3 Å². The number of aryl methyl sites for hydroxylation is 2. The van der Waals surface area contributed by atoms with E-state index >= 15 is 4.39 Å². The van der Waals surface area contributed by atoms with Crippen LogP contribution in [0.2, 0.25) is 0 Å². The Morgan fingerprint density at radius 2 is 1.83 bits per heavy atom. The van der Waals surface area contributed by atoms with Crippen LogP contribution >= 0.6 is 0 Å². The molecule has 2 aromatic carbocycles. The molecule has 2 amide bonds. The third-order valence-electron chi connectivity index (χ3n) is 8.38. The van der Waals surface area contributed by atoms with Gasteiger partial charge in [0, 0.05) is 56.9 Å². The molecule has 0 spiro atoms. The molecule has 0 bridgehead atoms. The lowest BCUT2D eigenvalue weighted by atomic mass is 9.82. The fourth-order valence-electron chi connectivity index (χ4n) is 5.87. The number of carbonyl (C=O) groups is 2. The maximum Gasteiger partial charge on any atom is 0.253 e. The fraction of sp³-hybridized carbons (Fsp3) is 0.424. The van der Waals surface area contributed by atoms with Crippen LogP contribution in [-0.4, -0.2) is 65.5 Å². The standard InChI is InChI=1S/C33H39FN4O3/c1-22-5-7-25(8-6-22)26-9-11-29(33(3,34)19-26)32(40)37-16-13-24(14-17-37)20-38-21-28-23(2)27(10-12-30(28)36-38)31(39)35-15-18-41-4/h5-12,21,24H,13-20H2,1-4H3,(H,35,39). The van der Waals surface area contributed by atoms with E-state index in [-0.39, 0.29) is 23.8 Å². The molecule has 41 heavy (non-hydrogen) atoms. The van der Waals surface area contributed by atoms with Crippen LogP contribution in [0.25, 0.3) is 16.5 Å². The highest BCUT2D eigenvalue weighted by molar-refractivity contribution is 6.00. The first-order valence-corrected chi connectivity index (χ1v) is 14.4. The summed E-state index contributed by atoms with van der Waals surface area (Å²) < 4.78 is 22.8. The largest absolute Gasteiger partial charge is 0.383 e. The molecule has 1 aromatic heterocycles. The van der Waals surface area contributed by atoms with Gasteiger partial charge in [-0.1, -0.05) is 42.0 Å². The van der Waals surface area contributed by atoms with Crippen molar-refractivity contribution in [2.24, 2.45) is 5.92 Å². The minimum Gasteiger partial charge on any atom is -0.383 e. The van der Waals surface area contributed by atoms with Gasteiger partial charge in [0.2, 0.25) is 0 Å². The lowest BCUT2D eigenvalue weighted by molar-refractivity contribution is -0.129. The Hall–Kier alpha value is -3.78. The summed E-state index contributed by atoms with van der Waals surface area (Å²) in [5.74, 6) is 0.0330. The molecule has 8 heteroatoms. The minimum absolute atomic E-state index is 0.120. The van der Waals surface area contributed by atoms with Crippen LogP contribution in [0.4, 0.5) is 4.39 Å². The number of ether oxygens (including phenoxy) is 1. The van der Waals surface area contributed by atoms with Crippen molar-refractivity contribution in [2.45, 2.75) is 52.2 Å². The Morgan fingerprint density at radius 3 is 2.51 bits per heavy atom. The van der Waals surface area contributed by atoms with Gasteiger partial charge in [0.05, 0.1) is 17.7 Å². The number of likely N-dealkylation sites (tertiary alicyclic amines) is 1. The molecule has 7 nitrogen and oxygen atoms in total. The second kappa shape index (κ2) is 12.0. The molecule has 5 rings (SSSR count). The van der Waals surface area contributed by atoms with Crippen molar-refractivity contribution in [3.8, 4) is 0 Å². The summed E-state index contributed by atoms with van der Waals surface area (Å²) in [6, 6.07) is 11.8. The third kappa shape index (κ3) is 6.27. The zero-order valence-corrected chi connectivity index (χ0v) is 24.4. The lowest BCUT2D eigenvalue weighted by Gasteiger charge is -2.36. The molecule has 1 saturated heterocycles. The Bertz CT molecular complexity index is 1490. The number of amides is 2. The van der Waals surface area contributed by atoms with Crippen LogP contribution in [0.3, 0.4) is 0 Å². The normalized spacial score (nSPS) is 19.7. The van der Waals surface area contributed by atoms with Gasteiger partial charge in [0.15, 0.2) is 0 Å². The molecule has 0 saturated carbocycles. The summed E-state index contributed by atoms with van der Waals surface area (Å²) in [6.07, 6.45) is 7.42. The topological polar surface area (TPSA) is 76.5 Å². The first kappa shape index (κ1) is 28.7. The highest BCUT2D eigenvalue weighted by Crippen LogP contribution is 2.38. The van der Waals surface area contributed by atoms with Crippen molar-refractivity contribution in [1.29, 1.82) is 0 Å². The first-order valence-electron chi connectivity index (χ1n) is 14.4. The maximum absolute atomic E-state index is 15.8. The van der Waals surface area contributed by atoms with Crippen molar-refractivity contribution in [3.63, 3.8) is 0 Å². The summed E-state index contributed by atoms with van der Waals surface area (Å²) >= 11 is 0. The van der Waals surface area contributed by atoms with Crippen LogP contribution in [0.1, 0.15) is 53.2 Å². The number of nitrogens with one attached hydrogen (secondary N) is 1. The Kier molecular flexibility index (Phi) is 8.40. The molecule has 1 atom stereocenters. The summed E-state index contributed by atoms with van der Waals surface area (Å²) in [5.41, 5.74) is 3.98. The molecule has 1 N–H and O–H groups in total. The van der Waals surface area contributed by atoms with Crippen molar-refractivity contribution in [1.82, 2.24) is 20.0 Å². The van der Waals surface area contributed by atoms with E-state index in [2.05, 4.69) is 5.32 Å². The molecule has 1 aliphatic heterocycles. The van der Waals surface area contributed by atoms with E-state index in [0.717, 1.165) is 52.6 Å². The predicted molar refractivity (Wildman–Crippen MR) is 159 cm³/mol. The van der Waals surface area contributed by atoms with E-state index < -0.39 is 5.67 Å². The fourth-order valence-corrected chi connectivity index (χ4v) is 5.87. The minimum atomic E-state index is -1.71. The maximum atomic E-state index is 15.8. The highest BCUT2D eigenvalue weighted by atomic mass is 19.1. The number of benzene rings is 2. The number of carbonyl (C=O) groups excluding carboxylic acids is 2. The number of methoxy groups -OCH3 is 1. The smallest absolute Gasteiger partial charge is 0.253 e. The number of piperidine rings is 1. The van der Waals surface area contributed by atoms with Crippen LogP contribution in [0, 0.1) is 19.8 Å². The average Bonchev–Trinajstić information content (AvgIpc) is 3.36. The molecule has 1 aliphatic carbocycles. The number of hydrogen-bond acceptors (Lipinski definition) is 4. The van der Waals surface area contributed by atoms with Gasteiger partial charge in [-0.25, -0.2) is 4.39 Å². The molecular weight excluding hydrogens is 519 g/mol. The number of allylic oxidation sites excluding steroid dienone is 3. The zero-order valence-electron chi connectivity index (χ0n) is 24.4. The Balaban J connectivity index is 1.21. The van der Waals surface area contributed by atoms with Gasteiger partial charge < -0.3 is 15.0 Å². The van der Waals surface area contributed by atoms with Gasteiger partial charge in [0.1, 0.15) is 5.67 Å². The molecular formula is C33H39FN4O3. The SMILES string of the molecule is COCCNC(=O)c1ccc2nn(CC3CCN(C(=O)C4=CC=C(c5ccc(C)cc5)CC4(C)F)CC3)cc2c1C. The molecule has 3 aromatic rings. The van der Waals surface area contributed by atoms with E-state index in [1.807, 2.05) is 67.2 Å². The van der Waals surface area contributed by atoms with Crippen LogP contribution < -0.4 is 5.32 Å². The van der Waals surface area contributed by atoms with Crippen molar-refractivity contribution < 1.29 is 18.7 Å².